The fourth-order valence-electron chi connectivity index (χ4n) is 0.866. The molecular formula is C6H10N2O3. The summed E-state index contributed by atoms with van der Waals surface area (Å²) in [7, 11) is 0. The Morgan fingerprint density at radius 3 is 2.18 bits per heavy atom. The molecule has 0 radical (unpaired) electrons. The molecule has 0 spiro atoms. The lowest BCUT2D eigenvalue weighted by molar-refractivity contribution is -0.141. The van der Waals surface area contributed by atoms with Crippen LogP contribution in [0.4, 0.5) is 4.79 Å². The van der Waals surface area contributed by atoms with Gasteiger partial charge in [-0.25, -0.2) is 4.79 Å². The standard InChI is InChI=1S/C6H10N2O3/c1-3(2)6(11)4(9)7-5(10)8-6/h3,11H,1-2H3,(H2,7,8,9,10). The zero-order chi connectivity index (χ0) is 8.65. The summed E-state index contributed by atoms with van der Waals surface area (Å²) in [5, 5.41) is 13.5. The molecule has 11 heavy (non-hydrogen) atoms. The van der Waals surface area contributed by atoms with Gasteiger partial charge in [0, 0.05) is 5.92 Å². The van der Waals surface area contributed by atoms with E-state index in [2.05, 4.69) is 5.32 Å². The quantitative estimate of drug-likeness (QED) is 0.436. The smallest absolute Gasteiger partial charge is 0.324 e. The van der Waals surface area contributed by atoms with Crippen molar-refractivity contribution in [2.45, 2.75) is 19.6 Å². The summed E-state index contributed by atoms with van der Waals surface area (Å²) in [4.78, 5) is 21.5. The molecule has 0 bridgehead atoms. The lowest BCUT2D eigenvalue weighted by Crippen LogP contribution is -2.51. The first-order valence-electron chi connectivity index (χ1n) is 3.33. The molecule has 1 unspecified atom stereocenters. The maximum atomic E-state index is 10.9. The summed E-state index contributed by atoms with van der Waals surface area (Å²) in [6.07, 6.45) is 0. The molecule has 3 amide bonds. The molecule has 1 heterocycles. The van der Waals surface area contributed by atoms with Crippen LogP contribution in [0.2, 0.25) is 0 Å². The van der Waals surface area contributed by atoms with Crippen molar-refractivity contribution < 1.29 is 14.7 Å². The van der Waals surface area contributed by atoms with Gasteiger partial charge >= 0.3 is 6.03 Å². The molecule has 62 valence electrons. The third-order valence-corrected chi connectivity index (χ3v) is 1.71. The highest BCUT2D eigenvalue weighted by atomic mass is 16.3. The summed E-state index contributed by atoms with van der Waals surface area (Å²) >= 11 is 0. The maximum Gasteiger partial charge on any atom is 0.324 e. The Balaban J connectivity index is 2.87. The van der Waals surface area contributed by atoms with E-state index in [-0.39, 0.29) is 5.92 Å². The van der Waals surface area contributed by atoms with Crippen LogP contribution in [0.5, 0.6) is 0 Å². The summed E-state index contributed by atoms with van der Waals surface area (Å²) in [5.74, 6) is -1.02. The van der Waals surface area contributed by atoms with Crippen LogP contribution in [0.15, 0.2) is 0 Å². The number of amides is 3. The largest absolute Gasteiger partial charge is 0.363 e. The van der Waals surface area contributed by atoms with Gasteiger partial charge < -0.3 is 10.4 Å². The number of urea groups is 1. The normalized spacial score (nSPS) is 30.5. The minimum Gasteiger partial charge on any atom is -0.363 e. The Hall–Kier alpha value is -1.10. The van der Waals surface area contributed by atoms with Gasteiger partial charge in [0.25, 0.3) is 5.91 Å². The second-order valence-corrected chi connectivity index (χ2v) is 2.83. The van der Waals surface area contributed by atoms with Gasteiger partial charge in [0.2, 0.25) is 5.72 Å². The molecule has 1 fully saturated rings. The molecule has 0 aromatic rings. The van der Waals surface area contributed by atoms with Crippen molar-refractivity contribution >= 4 is 11.9 Å². The van der Waals surface area contributed by atoms with E-state index < -0.39 is 17.7 Å². The topological polar surface area (TPSA) is 78.4 Å². The van der Waals surface area contributed by atoms with E-state index in [9.17, 15) is 14.7 Å². The molecule has 0 aromatic heterocycles. The summed E-state index contributed by atoms with van der Waals surface area (Å²) < 4.78 is 0. The molecular weight excluding hydrogens is 148 g/mol. The number of rotatable bonds is 1. The number of imide groups is 1. The molecule has 5 nitrogen and oxygen atoms in total. The van der Waals surface area contributed by atoms with E-state index in [0.29, 0.717) is 0 Å². The molecule has 1 rings (SSSR count). The highest BCUT2D eigenvalue weighted by Crippen LogP contribution is 2.16. The van der Waals surface area contributed by atoms with E-state index in [1.54, 1.807) is 13.8 Å². The van der Waals surface area contributed by atoms with Crippen molar-refractivity contribution in [2.24, 2.45) is 5.92 Å². The van der Waals surface area contributed by atoms with Gasteiger partial charge in [-0.05, 0) is 0 Å². The fourth-order valence-corrected chi connectivity index (χ4v) is 0.866. The SMILES string of the molecule is CC(C)C1(O)NC(=O)NC1=O. The average molecular weight is 158 g/mol. The Labute approximate surface area is 63.8 Å². The van der Waals surface area contributed by atoms with E-state index in [0.717, 1.165) is 0 Å². The van der Waals surface area contributed by atoms with Crippen LogP contribution in [-0.4, -0.2) is 22.8 Å². The average Bonchev–Trinajstić information content (AvgIpc) is 2.08. The predicted octanol–water partition coefficient (Wildman–Crippen LogP) is -0.830. The maximum absolute atomic E-state index is 10.9. The summed E-state index contributed by atoms with van der Waals surface area (Å²) in [5.41, 5.74) is -1.73. The van der Waals surface area contributed by atoms with Gasteiger partial charge in [0.1, 0.15) is 0 Å². The lowest BCUT2D eigenvalue weighted by Gasteiger charge is -2.22. The van der Waals surface area contributed by atoms with Crippen molar-refractivity contribution in [3.8, 4) is 0 Å². The molecule has 1 saturated heterocycles. The zero-order valence-electron chi connectivity index (χ0n) is 6.34. The van der Waals surface area contributed by atoms with E-state index in [1.165, 1.54) is 0 Å². The van der Waals surface area contributed by atoms with E-state index in [4.69, 9.17) is 0 Å². The highest BCUT2D eigenvalue weighted by Gasteiger charge is 2.46. The van der Waals surface area contributed by atoms with Crippen LogP contribution >= 0.6 is 0 Å². The minimum atomic E-state index is -1.73. The van der Waals surface area contributed by atoms with Gasteiger partial charge in [-0.1, -0.05) is 13.8 Å². The Kier molecular flexibility index (Phi) is 1.60. The van der Waals surface area contributed by atoms with Gasteiger partial charge in [-0.2, -0.15) is 0 Å². The number of nitrogens with one attached hydrogen (secondary N) is 2. The predicted molar refractivity (Wildman–Crippen MR) is 36.5 cm³/mol. The van der Waals surface area contributed by atoms with Gasteiger partial charge in [0.15, 0.2) is 0 Å². The molecule has 1 aliphatic heterocycles. The van der Waals surface area contributed by atoms with Crippen molar-refractivity contribution in [3.05, 3.63) is 0 Å². The zero-order valence-corrected chi connectivity index (χ0v) is 6.34. The number of hydrogen-bond acceptors (Lipinski definition) is 3. The number of carbonyl (C=O) groups is 2. The van der Waals surface area contributed by atoms with Gasteiger partial charge in [-0.3, -0.25) is 10.1 Å². The number of aliphatic hydroxyl groups is 1. The lowest BCUT2D eigenvalue weighted by atomic mass is 10.0. The third-order valence-electron chi connectivity index (χ3n) is 1.71. The van der Waals surface area contributed by atoms with E-state index >= 15 is 0 Å². The first-order chi connectivity index (χ1) is 4.97. The van der Waals surface area contributed by atoms with Crippen LogP contribution in [0.3, 0.4) is 0 Å². The Bertz CT molecular complexity index is 214. The second-order valence-electron chi connectivity index (χ2n) is 2.83. The molecule has 0 saturated carbocycles. The fraction of sp³-hybridized carbons (Fsp3) is 0.667. The number of carbonyl (C=O) groups excluding carboxylic acids is 2. The molecule has 5 heteroatoms. The van der Waals surface area contributed by atoms with Gasteiger partial charge in [0.05, 0.1) is 0 Å². The first-order valence-corrected chi connectivity index (χ1v) is 3.33. The van der Waals surface area contributed by atoms with Crippen LogP contribution in [-0.2, 0) is 4.79 Å². The molecule has 1 atom stereocenters. The van der Waals surface area contributed by atoms with Gasteiger partial charge in [-0.15, -0.1) is 0 Å². The van der Waals surface area contributed by atoms with Crippen LogP contribution < -0.4 is 10.6 Å². The van der Waals surface area contributed by atoms with Crippen molar-refractivity contribution in [1.29, 1.82) is 0 Å². The monoisotopic (exact) mass is 158 g/mol. The molecule has 0 aliphatic carbocycles. The van der Waals surface area contributed by atoms with Crippen LogP contribution in [0, 0.1) is 5.92 Å². The Morgan fingerprint density at radius 2 is 2.00 bits per heavy atom. The third kappa shape index (κ3) is 1.07. The van der Waals surface area contributed by atoms with Crippen molar-refractivity contribution in [2.75, 3.05) is 0 Å². The molecule has 1 aliphatic rings. The van der Waals surface area contributed by atoms with Crippen molar-refractivity contribution in [1.82, 2.24) is 10.6 Å². The van der Waals surface area contributed by atoms with E-state index in [1.807, 2.05) is 5.32 Å². The van der Waals surface area contributed by atoms with Crippen LogP contribution in [0.1, 0.15) is 13.8 Å². The summed E-state index contributed by atoms with van der Waals surface area (Å²) in [6.45, 7) is 3.29. The second kappa shape index (κ2) is 2.20. The molecule has 3 N–H and O–H groups in total. The first kappa shape index (κ1) is 8.00. The molecule has 0 aromatic carbocycles. The van der Waals surface area contributed by atoms with Crippen LogP contribution in [0.25, 0.3) is 0 Å². The van der Waals surface area contributed by atoms with Crippen molar-refractivity contribution in [3.63, 3.8) is 0 Å². The highest BCUT2D eigenvalue weighted by molar-refractivity contribution is 6.05. The number of hydrogen-bond donors (Lipinski definition) is 3. The minimum absolute atomic E-state index is 0.339. The summed E-state index contributed by atoms with van der Waals surface area (Å²) in [6, 6.07) is -0.647. The Morgan fingerprint density at radius 1 is 1.45 bits per heavy atom.